The van der Waals surface area contributed by atoms with Gasteiger partial charge in [-0.1, -0.05) is 24.3 Å². The van der Waals surface area contributed by atoms with Crippen molar-refractivity contribution < 1.29 is 18.3 Å². The van der Waals surface area contributed by atoms with E-state index >= 15 is 0 Å². The maximum Gasteiger partial charge on any atom is 0.307 e. The number of aliphatic carboxylic acids is 1. The van der Waals surface area contributed by atoms with Crippen molar-refractivity contribution in [2.24, 2.45) is 0 Å². The lowest BCUT2D eigenvalue weighted by Gasteiger charge is -1.99. The molecular weight excluding hydrogens is 228 g/mol. The number of carboxylic acid groups (broad SMARTS) is 1. The van der Waals surface area contributed by atoms with Gasteiger partial charge in [0.1, 0.15) is 0 Å². The zero-order chi connectivity index (χ0) is 12.2. The molecule has 0 heterocycles. The van der Waals surface area contributed by atoms with Gasteiger partial charge in [-0.25, -0.2) is 8.42 Å². The molecule has 1 aromatic carbocycles. The van der Waals surface area contributed by atoms with Crippen LogP contribution in [-0.2, 0) is 14.6 Å². The van der Waals surface area contributed by atoms with Crippen molar-refractivity contribution in [3.8, 4) is 0 Å². The molecule has 0 unspecified atom stereocenters. The average Bonchev–Trinajstić information content (AvgIpc) is 2.16. The van der Waals surface area contributed by atoms with E-state index in [9.17, 15) is 13.2 Å². The quantitative estimate of drug-likeness (QED) is 0.867. The summed E-state index contributed by atoms with van der Waals surface area (Å²) >= 11 is 0. The Balaban J connectivity index is 2.92. The first kappa shape index (κ1) is 12.4. The first-order valence-corrected chi connectivity index (χ1v) is 6.47. The van der Waals surface area contributed by atoms with E-state index in [2.05, 4.69) is 0 Å². The van der Waals surface area contributed by atoms with Crippen LogP contribution >= 0.6 is 0 Å². The van der Waals surface area contributed by atoms with E-state index in [4.69, 9.17) is 5.11 Å². The van der Waals surface area contributed by atoms with Crippen molar-refractivity contribution in [1.82, 2.24) is 0 Å². The van der Waals surface area contributed by atoms with Crippen molar-refractivity contribution in [3.05, 3.63) is 35.9 Å². The standard InChI is InChI=1S/C11H12O4S/c1-16(14,15)10-6-2-4-9(8-10)5-3-7-11(12)13/h2-6,8H,7H2,1H3,(H,12,13). The number of carbonyl (C=O) groups is 1. The Hall–Kier alpha value is -1.62. The Morgan fingerprint density at radius 1 is 1.44 bits per heavy atom. The molecule has 0 radical (unpaired) electrons. The predicted octanol–water partition coefficient (Wildman–Crippen LogP) is 1.58. The number of carboxylic acids is 1. The van der Waals surface area contributed by atoms with Crippen molar-refractivity contribution in [2.75, 3.05) is 6.26 Å². The maximum absolute atomic E-state index is 11.2. The molecule has 4 nitrogen and oxygen atoms in total. The molecule has 0 aliphatic carbocycles. The van der Waals surface area contributed by atoms with Crippen molar-refractivity contribution in [1.29, 1.82) is 0 Å². The summed E-state index contributed by atoms with van der Waals surface area (Å²) < 4.78 is 22.5. The highest BCUT2D eigenvalue weighted by Crippen LogP contribution is 2.12. The second kappa shape index (κ2) is 4.94. The van der Waals surface area contributed by atoms with Crippen LogP contribution < -0.4 is 0 Å². The summed E-state index contributed by atoms with van der Waals surface area (Å²) in [6, 6.07) is 6.35. The van der Waals surface area contributed by atoms with Crippen LogP contribution in [0.2, 0.25) is 0 Å². The molecule has 0 aliphatic rings. The number of sulfone groups is 1. The fourth-order valence-corrected chi connectivity index (χ4v) is 1.82. The zero-order valence-electron chi connectivity index (χ0n) is 8.75. The molecule has 0 bridgehead atoms. The molecule has 0 amide bonds. The van der Waals surface area contributed by atoms with Gasteiger partial charge >= 0.3 is 5.97 Å². The largest absolute Gasteiger partial charge is 0.481 e. The predicted molar refractivity (Wildman–Crippen MR) is 60.8 cm³/mol. The van der Waals surface area contributed by atoms with Gasteiger partial charge in [0.2, 0.25) is 0 Å². The number of hydrogen-bond acceptors (Lipinski definition) is 3. The lowest BCUT2D eigenvalue weighted by molar-refractivity contribution is -0.135. The summed E-state index contributed by atoms with van der Waals surface area (Å²) in [4.78, 5) is 10.5. The second-order valence-corrected chi connectivity index (χ2v) is 5.36. The minimum atomic E-state index is -3.22. The Bertz CT molecular complexity index is 515. The summed E-state index contributed by atoms with van der Waals surface area (Å²) in [6.45, 7) is 0. The van der Waals surface area contributed by atoms with Gasteiger partial charge in [-0.05, 0) is 17.7 Å². The maximum atomic E-state index is 11.2. The third-order valence-electron chi connectivity index (χ3n) is 1.89. The van der Waals surface area contributed by atoms with Gasteiger partial charge in [0.15, 0.2) is 9.84 Å². The first-order chi connectivity index (χ1) is 7.39. The molecule has 5 heteroatoms. The molecule has 1 rings (SSSR count). The Kier molecular flexibility index (Phi) is 3.84. The third-order valence-corrected chi connectivity index (χ3v) is 3.00. The molecule has 86 valence electrons. The molecule has 0 aromatic heterocycles. The molecule has 0 saturated heterocycles. The minimum absolute atomic E-state index is 0.0803. The van der Waals surface area contributed by atoms with Gasteiger partial charge in [0.05, 0.1) is 11.3 Å². The van der Waals surface area contributed by atoms with E-state index in [1.165, 1.54) is 18.2 Å². The smallest absolute Gasteiger partial charge is 0.307 e. The van der Waals surface area contributed by atoms with Crippen LogP contribution in [-0.4, -0.2) is 25.7 Å². The summed E-state index contributed by atoms with van der Waals surface area (Å²) in [5, 5.41) is 8.43. The van der Waals surface area contributed by atoms with E-state index in [0.717, 1.165) is 6.26 Å². The van der Waals surface area contributed by atoms with Crippen LogP contribution in [0.25, 0.3) is 6.08 Å². The topological polar surface area (TPSA) is 71.4 Å². The minimum Gasteiger partial charge on any atom is -0.481 e. The van der Waals surface area contributed by atoms with E-state index in [-0.39, 0.29) is 11.3 Å². The Morgan fingerprint density at radius 3 is 2.69 bits per heavy atom. The summed E-state index contributed by atoms with van der Waals surface area (Å²) in [5.41, 5.74) is 0.671. The normalized spacial score (nSPS) is 11.8. The molecule has 1 aromatic rings. The SMILES string of the molecule is CS(=O)(=O)c1cccc(C=CCC(=O)O)c1. The Morgan fingerprint density at radius 2 is 2.12 bits per heavy atom. The lowest BCUT2D eigenvalue weighted by atomic mass is 10.2. The number of benzene rings is 1. The monoisotopic (exact) mass is 240 g/mol. The van der Waals surface area contributed by atoms with Gasteiger partial charge in [-0.2, -0.15) is 0 Å². The molecule has 0 saturated carbocycles. The third kappa shape index (κ3) is 3.86. The second-order valence-electron chi connectivity index (χ2n) is 3.34. The fourth-order valence-electron chi connectivity index (χ4n) is 1.14. The molecule has 0 fully saturated rings. The highest BCUT2D eigenvalue weighted by molar-refractivity contribution is 7.90. The highest BCUT2D eigenvalue weighted by atomic mass is 32.2. The zero-order valence-corrected chi connectivity index (χ0v) is 9.57. The molecule has 0 atom stereocenters. The first-order valence-electron chi connectivity index (χ1n) is 4.58. The fraction of sp³-hybridized carbons (Fsp3) is 0.182. The van der Waals surface area contributed by atoms with Gasteiger partial charge in [0, 0.05) is 6.26 Å². The van der Waals surface area contributed by atoms with Crippen LogP contribution in [0.3, 0.4) is 0 Å². The van der Waals surface area contributed by atoms with Crippen LogP contribution in [0.15, 0.2) is 35.2 Å². The Labute approximate surface area is 94.1 Å². The number of hydrogen-bond donors (Lipinski definition) is 1. The van der Waals surface area contributed by atoms with Crippen LogP contribution in [0.4, 0.5) is 0 Å². The summed E-state index contributed by atoms with van der Waals surface area (Å²) in [5.74, 6) is -0.921. The van der Waals surface area contributed by atoms with Crippen molar-refractivity contribution in [2.45, 2.75) is 11.3 Å². The van der Waals surface area contributed by atoms with Crippen LogP contribution in [0.5, 0.6) is 0 Å². The van der Waals surface area contributed by atoms with Crippen molar-refractivity contribution in [3.63, 3.8) is 0 Å². The van der Waals surface area contributed by atoms with Gasteiger partial charge in [0.25, 0.3) is 0 Å². The molecule has 0 spiro atoms. The van der Waals surface area contributed by atoms with Gasteiger partial charge < -0.3 is 5.11 Å². The van der Waals surface area contributed by atoms with E-state index < -0.39 is 15.8 Å². The number of rotatable bonds is 4. The molecular formula is C11H12O4S. The summed E-state index contributed by atoms with van der Waals surface area (Å²) in [7, 11) is -3.22. The average molecular weight is 240 g/mol. The molecule has 0 aliphatic heterocycles. The van der Waals surface area contributed by atoms with E-state index in [1.807, 2.05) is 0 Å². The van der Waals surface area contributed by atoms with Gasteiger partial charge in [-0.3, -0.25) is 4.79 Å². The van der Waals surface area contributed by atoms with Crippen LogP contribution in [0.1, 0.15) is 12.0 Å². The van der Waals surface area contributed by atoms with Gasteiger partial charge in [-0.15, -0.1) is 0 Å². The highest BCUT2D eigenvalue weighted by Gasteiger charge is 2.05. The van der Waals surface area contributed by atoms with E-state index in [1.54, 1.807) is 18.2 Å². The van der Waals surface area contributed by atoms with E-state index in [0.29, 0.717) is 5.56 Å². The molecule has 16 heavy (non-hydrogen) atoms. The van der Waals surface area contributed by atoms with Crippen molar-refractivity contribution >= 4 is 21.9 Å². The molecule has 1 N–H and O–H groups in total. The van der Waals surface area contributed by atoms with Crippen LogP contribution in [0, 0.1) is 0 Å². The summed E-state index contributed by atoms with van der Waals surface area (Å²) in [6.07, 6.45) is 4.11. The lowest BCUT2D eigenvalue weighted by Crippen LogP contribution is -1.96.